The van der Waals surface area contributed by atoms with Gasteiger partial charge in [0.2, 0.25) is 0 Å². The Morgan fingerprint density at radius 2 is 0.712 bits per heavy atom. The molecule has 378 valence electrons. The van der Waals surface area contributed by atoms with Crippen molar-refractivity contribution in [3.8, 4) is 0 Å². The number of unbranched alkanes of at least 4 members (excludes halogenated alkanes) is 23. The van der Waals surface area contributed by atoms with E-state index in [9.17, 15) is 9.59 Å². The Bertz CT molecular complexity index is 1270. The Labute approximate surface area is 409 Å². The van der Waals surface area contributed by atoms with Gasteiger partial charge in [-0.15, -0.1) is 0 Å². The van der Waals surface area contributed by atoms with Crippen LogP contribution in [0.5, 0.6) is 0 Å². The van der Waals surface area contributed by atoms with Crippen molar-refractivity contribution >= 4 is 11.9 Å². The van der Waals surface area contributed by atoms with Gasteiger partial charge in [-0.3, -0.25) is 9.59 Å². The lowest BCUT2D eigenvalue weighted by Crippen LogP contribution is -2.30. The Morgan fingerprint density at radius 1 is 0.348 bits per heavy atom. The molecular weight excluding hydrogens is 813 g/mol. The maximum atomic E-state index is 12.8. The van der Waals surface area contributed by atoms with Gasteiger partial charge in [0.1, 0.15) is 6.61 Å². The predicted molar refractivity (Wildman–Crippen MR) is 288 cm³/mol. The van der Waals surface area contributed by atoms with Crippen LogP contribution < -0.4 is 0 Å². The van der Waals surface area contributed by atoms with Crippen molar-refractivity contribution < 1.29 is 23.8 Å². The Morgan fingerprint density at radius 3 is 1.15 bits per heavy atom. The normalized spacial score (nSPS) is 13.0. The van der Waals surface area contributed by atoms with E-state index in [1.807, 2.05) is 0 Å². The SMILES string of the molecule is CC/C=C\C/C=C\C/C=C\CCCCCCCCCC(=O)OCC(COCCCCCCCCC/C=C\C/C=C\C/C=C\CCCCC)OC(=O)CCCCCCC/C=C\C/C=C\CCC. The van der Waals surface area contributed by atoms with Crippen LogP contribution in [0.3, 0.4) is 0 Å². The van der Waals surface area contributed by atoms with Crippen LogP contribution in [0.15, 0.2) is 97.2 Å². The van der Waals surface area contributed by atoms with Crippen molar-refractivity contribution in [2.24, 2.45) is 0 Å². The molecule has 0 amide bonds. The number of rotatable bonds is 50. The molecule has 0 heterocycles. The van der Waals surface area contributed by atoms with Gasteiger partial charge in [0.15, 0.2) is 6.10 Å². The second kappa shape index (κ2) is 56.1. The molecule has 0 spiro atoms. The summed E-state index contributed by atoms with van der Waals surface area (Å²) in [4.78, 5) is 25.5. The van der Waals surface area contributed by atoms with E-state index in [-0.39, 0.29) is 25.2 Å². The maximum Gasteiger partial charge on any atom is 0.306 e. The Kier molecular flexibility index (Phi) is 53.4. The first kappa shape index (κ1) is 62.8. The highest BCUT2D eigenvalue weighted by Gasteiger charge is 2.17. The quantitative estimate of drug-likeness (QED) is 0.0346. The molecule has 0 N–H and O–H groups in total. The summed E-state index contributed by atoms with van der Waals surface area (Å²) in [6.07, 6.45) is 75.6. The number of hydrogen-bond acceptors (Lipinski definition) is 5. The molecule has 0 bridgehead atoms. The molecule has 0 aliphatic carbocycles. The lowest BCUT2D eigenvalue weighted by atomic mass is 10.1. The van der Waals surface area contributed by atoms with Gasteiger partial charge in [-0.25, -0.2) is 0 Å². The number of carbonyl (C=O) groups is 2. The lowest BCUT2D eigenvalue weighted by molar-refractivity contribution is -0.163. The zero-order valence-electron chi connectivity index (χ0n) is 43.4. The fraction of sp³-hybridized carbons (Fsp3) is 0.705. The smallest absolute Gasteiger partial charge is 0.306 e. The van der Waals surface area contributed by atoms with Crippen molar-refractivity contribution in [3.63, 3.8) is 0 Å². The summed E-state index contributed by atoms with van der Waals surface area (Å²) in [7, 11) is 0. The summed E-state index contributed by atoms with van der Waals surface area (Å²) in [6, 6.07) is 0. The zero-order chi connectivity index (χ0) is 47.7. The molecule has 0 radical (unpaired) electrons. The molecule has 0 aliphatic rings. The van der Waals surface area contributed by atoms with Gasteiger partial charge in [0.25, 0.3) is 0 Å². The summed E-state index contributed by atoms with van der Waals surface area (Å²) in [5, 5.41) is 0. The van der Waals surface area contributed by atoms with Crippen molar-refractivity contribution in [3.05, 3.63) is 97.2 Å². The number of carbonyl (C=O) groups excluding carboxylic acids is 2. The molecule has 0 aromatic heterocycles. The van der Waals surface area contributed by atoms with Gasteiger partial charge in [-0.05, 0) is 116 Å². The van der Waals surface area contributed by atoms with Crippen LogP contribution in [0.2, 0.25) is 0 Å². The Hall–Kier alpha value is -3.18. The van der Waals surface area contributed by atoms with Crippen LogP contribution in [0.1, 0.15) is 252 Å². The number of allylic oxidation sites excluding steroid dienone is 16. The molecule has 5 heteroatoms. The van der Waals surface area contributed by atoms with E-state index in [0.717, 1.165) is 109 Å². The fourth-order valence-electron chi connectivity index (χ4n) is 7.45. The molecule has 5 nitrogen and oxygen atoms in total. The number of ether oxygens (including phenoxy) is 3. The first-order chi connectivity index (χ1) is 32.6. The molecule has 0 saturated heterocycles. The van der Waals surface area contributed by atoms with Crippen LogP contribution in [-0.4, -0.2) is 37.9 Å². The number of hydrogen-bond donors (Lipinski definition) is 0. The zero-order valence-corrected chi connectivity index (χ0v) is 43.4. The van der Waals surface area contributed by atoms with E-state index in [2.05, 4.69) is 118 Å². The minimum atomic E-state index is -0.559. The van der Waals surface area contributed by atoms with E-state index < -0.39 is 6.10 Å². The summed E-state index contributed by atoms with van der Waals surface area (Å²) < 4.78 is 17.4. The molecule has 0 aromatic rings. The second-order valence-corrected chi connectivity index (χ2v) is 18.1. The van der Waals surface area contributed by atoms with E-state index in [1.165, 1.54) is 109 Å². The minimum Gasteiger partial charge on any atom is -0.462 e. The van der Waals surface area contributed by atoms with E-state index >= 15 is 0 Å². The topological polar surface area (TPSA) is 61.8 Å². The van der Waals surface area contributed by atoms with Crippen LogP contribution in [-0.2, 0) is 23.8 Å². The van der Waals surface area contributed by atoms with Gasteiger partial charge in [-0.1, -0.05) is 221 Å². The third-order valence-electron chi connectivity index (χ3n) is 11.6. The van der Waals surface area contributed by atoms with E-state index in [1.54, 1.807) is 0 Å². The van der Waals surface area contributed by atoms with Crippen LogP contribution >= 0.6 is 0 Å². The monoisotopic (exact) mass is 917 g/mol. The molecule has 1 unspecified atom stereocenters. The van der Waals surface area contributed by atoms with Crippen LogP contribution in [0, 0.1) is 0 Å². The summed E-state index contributed by atoms with van der Waals surface area (Å²) in [5.74, 6) is -0.431. The first-order valence-corrected chi connectivity index (χ1v) is 27.8. The molecular formula is C61H104O5. The molecule has 0 saturated carbocycles. The fourth-order valence-corrected chi connectivity index (χ4v) is 7.45. The maximum absolute atomic E-state index is 12.8. The van der Waals surface area contributed by atoms with Gasteiger partial charge in [0, 0.05) is 19.4 Å². The molecule has 0 rings (SSSR count). The second-order valence-electron chi connectivity index (χ2n) is 18.1. The van der Waals surface area contributed by atoms with E-state index in [4.69, 9.17) is 14.2 Å². The van der Waals surface area contributed by atoms with Gasteiger partial charge < -0.3 is 14.2 Å². The predicted octanol–water partition coefficient (Wildman–Crippen LogP) is 19.0. The molecule has 0 aliphatic heterocycles. The molecule has 1 atom stereocenters. The van der Waals surface area contributed by atoms with Crippen molar-refractivity contribution in [1.29, 1.82) is 0 Å². The standard InChI is InChI=1S/C61H104O5/c1-4-7-10-13-16-19-22-25-27-29-30-31-33-35-38-41-44-47-50-53-56-64-57-59(66-61(63)55-52-49-46-43-40-36-24-21-18-15-12-9-6-3)58-65-60(62)54-51-48-45-42-39-37-34-32-28-26-23-20-17-14-11-8-5-2/h8,11-12,15-17,19-21,24-28,30-31,59H,4-7,9-10,13-14,18,22-23,29,32-58H2,1-3H3/b11-8-,15-12-,19-16-,20-17-,24-21-,27-25-,28-26-,31-30-. The van der Waals surface area contributed by atoms with Crippen molar-refractivity contribution in [1.82, 2.24) is 0 Å². The van der Waals surface area contributed by atoms with Crippen molar-refractivity contribution in [2.75, 3.05) is 19.8 Å². The average molecular weight is 917 g/mol. The average Bonchev–Trinajstić information content (AvgIpc) is 3.32. The highest BCUT2D eigenvalue weighted by molar-refractivity contribution is 5.70. The van der Waals surface area contributed by atoms with Crippen LogP contribution in [0.25, 0.3) is 0 Å². The highest BCUT2D eigenvalue weighted by Crippen LogP contribution is 2.14. The third kappa shape index (κ3) is 53.4. The molecule has 0 fully saturated rings. The van der Waals surface area contributed by atoms with E-state index in [0.29, 0.717) is 19.4 Å². The summed E-state index contributed by atoms with van der Waals surface area (Å²) in [5.41, 5.74) is 0. The summed E-state index contributed by atoms with van der Waals surface area (Å²) in [6.45, 7) is 7.59. The summed E-state index contributed by atoms with van der Waals surface area (Å²) >= 11 is 0. The first-order valence-electron chi connectivity index (χ1n) is 27.8. The van der Waals surface area contributed by atoms with Crippen molar-refractivity contribution in [2.45, 2.75) is 258 Å². The molecule has 0 aromatic carbocycles. The van der Waals surface area contributed by atoms with Gasteiger partial charge >= 0.3 is 11.9 Å². The van der Waals surface area contributed by atoms with Gasteiger partial charge in [0.05, 0.1) is 6.61 Å². The largest absolute Gasteiger partial charge is 0.462 e. The number of esters is 2. The molecule has 66 heavy (non-hydrogen) atoms. The highest BCUT2D eigenvalue weighted by atomic mass is 16.6. The van der Waals surface area contributed by atoms with Crippen LogP contribution in [0.4, 0.5) is 0 Å². The lowest BCUT2D eigenvalue weighted by Gasteiger charge is -2.18. The van der Waals surface area contributed by atoms with Gasteiger partial charge in [-0.2, -0.15) is 0 Å². The third-order valence-corrected chi connectivity index (χ3v) is 11.6. The Balaban J connectivity index is 4.31. The minimum absolute atomic E-state index is 0.0657.